The van der Waals surface area contributed by atoms with Crippen molar-refractivity contribution in [2.24, 2.45) is 0 Å². The van der Waals surface area contributed by atoms with Gasteiger partial charge in [-0.25, -0.2) is 8.42 Å². The van der Waals surface area contributed by atoms with Gasteiger partial charge >= 0.3 is 0 Å². The van der Waals surface area contributed by atoms with Gasteiger partial charge in [-0.15, -0.1) is 0 Å². The molecular weight excluding hydrogens is 438 g/mol. The minimum absolute atomic E-state index is 0.0766. The molecule has 1 saturated heterocycles. The first-order valence-electron chi connectivity index (χ1n) is 10.1. The zero-order valence-electron chi connectivity index (χ0n) is 17.9. The number of sulfone groups is 1. The second-order valence-electron chi connectivity index (χ2n) is 8.27. The van der Waals surface area contributed by atoms with E-state index in [1.807, 2.05) is 31.2 Å². The summed E-state index contributed by atoms with van der Waals surface area (Å²) < 4.78 is 35.0. The van der Waals surface area contributed by atoms with Gasteiger partial charge in [-0.3, -0.25) is 4.79 Å². The van der Waals surface area contributed by atoms with Gasteiger partial charge in [0, 0.05) is 43.2 Å². The number of carbonyl (C=O) groups excluding carboxylic acids is 1. The van der Waals surface area contributed by atoms with E-state index in [9.17, 15) is 13.2 Å². The Labute approximate surface area is 188 Å². The highest BCUT2D eigenvalue weighted by Crippen LogP contribution is 2.44. The molecular formula is C23H28ClNO5S. The topological polar surface area (TPSA) is 81.7 Å². The first-order valence-corrected chi connectivity index (χ1v) is 12.4. The third kappa shape index (κ3) is 6.29. The summed E-state index contributed by atoms with van der Waals surface area (Å²) in [4.78, 5) is 12.7. The van der Waals surface area contributed by atoms with E-state index in [-0.39, 0.29) is 29.4 Å². The average Bonchev–Trinajstić information content (AvgIpc) is 2.71. The van der Waals surface area contributed by atoms with E-state index in [2.05, 4.69) is 5.32 Å². The van der Waals surface area contributed by atoms with Crippen molar-refractivity contribution in [2.75, 3.05) is 20.0 Å². The van der Waals surface area contributed by atoms with Gasteiger partial charge in [0.25, 0.3) is 0 Å². The van der Waals surface area contributed by atoms with Crippen molar-refractivity contribution in [1.82, 2.24) is 5.32 Å². The zero-order valence-corrected chi connectivity index (χ0v) is 19.5. The van der Waals surface area contributed by atoms with Crippen LogP contribution in [-0.2, 0) is 24.1 Å². The summed E-state index contributed by atoms with van der Waals surface area (Å²) in [6, 6.07) is 14.2. The van der Waals surface area contributed by atoms with E-state index in [0.717, 1.165) is 11.1 Å². The van der Waals surface area contributed by atoms with Crippen molar-refractivity contribution in [1.29, 1.82) is 0 Å². The molecule has 0 aliphatic carbocycles. The van der Waals surface area contributed by atoms with Crippen LogP contribution in [0.25, 0.3) is 0 Å². The highest BCUT2D eigenvalue weighted by Gasteiger charge is 2.40. The van der Waals surface area contributed by atoms with Crippen LogP contribution in [0.3, 0.4) is 0 Å². The van der Waals surface area contributed by atoms with Crippen molar-refractivity contribution in [3.8, 4) is 0 Å². The number of halogens is 1. The molecule has 1 heterocycles. The summed E-state index contributed by atoms with van der Waals surface area (Å²) in [5, 5.41) is 3.80. The number of nitrogens with one attached hydrogen (secondary N) is 1. The first-order chi connectivity index (χ1) is 14.6. The van der Waals surface area contributed by atoms with Crippen LogP contribution in [0, 0.1) is 0 Å². The van der Waals surface area contributed by atoms with Crippen LogP contribution >= 0.6 is 11.6 Å². The quantitative estimate of drug-likeness (QED) is 0.661. The lowest BCUT2D eigenvalue weighted by Crippen LogP contribution is -2.51. The lowest BCUT2D eigenvalue weighted by Gasteiger charge is -2.43. The summed E-state index contributed by atoms with van der Waals surface area (Å²) in [5.41, 5.74) is 1.33. The number of amides is 1. The molecule has 0 bridgehead atoms. The van der Waals surface area contributed by atoms with E-state index in [4.69, 9.17) is 21.1 Å². The maximum Gasteiger partial charge on any atom is 0.222 e. The van der Waals surface area contributed by atoms with Crippen LogP contribution in [0.15, 0.2) is 53.4 Å². The maximum atomic E-state index is 12.4. The summed E-state index contributed by atoms with van der Waals surface area (Å²) in [6.45, 7) is 2.37. The highest BCUT2D eigenvalue weighted by molar-refractivity contribution is 7.90. The molecule has 3 rings (SSSR count). The smallest absolute Gasteiger partial charge is 0.222 e. The van der Waals surface area contributed by atoms with Gasteiger partial charge in [0.1, 0.15) is 0 Å². The number of hydrogen-bond donors (Lipinski definition) is 1. The molecule has 1 amide bonds. The number of methoxy groups -OCH3 is 1. The minimum Gasteiger partial charge on any atom is -0.384 e. The Bertz CT molecular complexity index is 1010. The van der Waals surface area contributed by atoms with Crippen molar-refractivity contribution in [3.05, 3.63) is 64.7 Å². The van der Waals surface area contributed by atoms with Gasteiger partial charge in [0.05, 0.1) is 23.7 Å². The lowest BCUT2D eigenvalue weighted by atomic mass is 9.81. The first kappa shape index (κ1) is 23.7. The van der Waals surface area contributed by atoms with E-state index in [0.29, 0.717) is 24.5 Å². The van der Waals surface area contributed by atoms with Gasteiger partial charge in [0.2, 0.25) is 5.91 Å². The minimum atomic E-state index is -3.28. The number of benzene rings is 2. The molecule has 0 saturated carbocycles. The Morgan fingerprint density at radius 3 is 2.10 bits per heavy atom. The molecule has 168 valence electrons. The van der Waals surface area contributed by atoms with Crippen LogP contribution < -0.4 is 5.32 Å². The highest BCUT2D eigenvalue weighted by atomic mass is 35.5. The molecule has 2 aromatic carbocycles. The second kappa shape index (κ2) is 9.69. The lowest BCUT2D eigenvalue weighted by molar-refractivity contribution is -0.129. The van der Waals surface area contributed by atoms with Crippen LogP contribution in [0.4, 0.5) is 0 Å². The van der Waals surface area contributed by atoms with Crippen molar-refractivity contribution in [3.63, 3.8) is 0 Å². The van der Waals surface area contributed by atoms with E-state index < -0.39 is 15.4 Å². The molecule has 2 aromatic rings. The fourth-order valence-corrected chi connectivity index (χ4v) is 4.65. The Kier molecular flexibility index (Phi) is 7.42. The molecule has 31 heavy (non-hydrogen) atoms. The van der Waals surface area contributed by atoms with Crippen LogP contribution in [0.2, 0.25) is 5.02 Å². The Balaban J connectivity index is 1.88. The fourth-order valence-electron chi connectivity index (χ4n) is 3.89. The maximum absolute atomic E-state index is 12.4. The predicted octanol–water partition coefficient (Wildman–Crippen LogP) is 4.25. The number of carbonyl (C=O) groups is 1. The van der Waals surface area contributed by atoms with E-state index >= 15 is 0 Å². The average molecular weight is 466 g/mol. The van der Waals surface area contributed by atoms with E-state index in [1.54, 1.807) is 31.4 Å². The van der Waals surface area contributed by atoms with Gasteiger partial charge < -0.3 is 14.8 Å². The molecule has 1 aliphatic heterocycles. The Morgan fingerprint density at radius 2 is 1.61 bits per heavy atom. The molecule has 0 unspecified atom stereocenters. The van der Waals surface area contributed by atoms with Gasteiger partial charge in [-0.1, -0.05) is 35.9 Å². The standard InChI is InChI=1S/C23H28ClNO5S/c1-23(25-22(26)12-13-29-2)14-20(16-4-8-18(24)9-5-16)30-21(15-23)17-6-10-19(11-7-17)31(3,27)28/h4-11,20-21H,12-15H2,1-3H3,(H,25,26)/t20-,21+,23+/m0/s1. The third-order valence-corrected chi connectivity index (χ3v) is 6.88. The van der Waals surface area contributed by atoms with E-state index in [1.165, 1.54) is 6.26 Å². The zero-order chi connectivity index (χ0) is 22.6. The third-order valence-electron chi connectivity index (χ3n) is 5.50. The van der Waals surface area contributed by atoms with Crippen LogP contribution in [-0.4, -0.2) is 39.8 Å². The summed E-state index contributed by atoms with van der Waals surface area (Å²) in [5.74, 6) is -0.0766. The molecule has 1 fully saturated rings. The molecule has 1 aliphatic rings. The summed E-state index contributed by atoms with van der Waals surface area (Å²) in [7, 11) is -1.71. The molecule has 0 aromatic heterocycles. The SMILES string of the molecule is COCCC(=O)N[C@]1(C)C[C@@H](c2ccc(Cl)cc2)O[C@@H](c2ccc(S(C)(=O)=O)cc2)C1. The molecule has 6 nitrogen and oxygen atoms in total. The van der Waals surface area contributed by atoms with Crippen LogP contribution in [0.1, 0.15) is 49.5 Å². The summed E-state index contributed by atoms with van der Waals surface area (Å²) in [6.07, 6.45) is 2.07. The molecule has 0 radical (unpaired) electrons. The predicted molar refractivity (Wildman–Crippen MR) is 120 cm³/mol. The van der Waals surface area contributed by atoms with Gasteiger partial charge in [-0.05, 0) is 42.3 Å². The van der Waals surface area contributed by atoms with Crippen molar-refractivity contribution >= 4 is 27.3 Å². The number of rotatable bonds is 7. The Morgan fingerprint density at radius 1 is 1.10 bits per heavy atom. The molecule has 0 spiro atoms. The molecule has 3 atom stereocenters. The van der Waals surface area contributed by atoms with Crippen molar-refractivity contribution in [2.45, 2.75) is 48.8 Å². The monoisotopic (exact) mass is 465 g/mol. The second-order valence-corrected chi connectivity index (χ2v) is 10.7. The fraction of sp³-hybridized carbons (Fsp3) is 0.435. The summed E-state index contributed by atoms with van der Waals surface area (Å²) >= 11 is 6.04. The van der Waals surface area contributed by atoms with Gasteiger partial charge in [0.15, 0.2) is 9.84 Å². The van der Waals surface area contributed by atoms with Crippen LogP contribution in [0.5, 0.6) is 0 Å². The molecule has 8 heteroatoms. The van der Waals surface area contributed by atoms with Gasteiger partial charge in [-0.2, -0.15) is 0 Å². The number of hydrogen-bond acceptors (Lipinski definition) is 5. The van der Waals surface area contributed by atoms with Crippen molar-refractivity contribution < 1.29 is 22.7 Å². The molecule has 1 N–H and O–H groups in total. The Hall–Kier alpha value is -1.93. The normalized spacial score (nSPS) is 24.0. The largest absolute Gasteiger partial charge is 0.384 e. The number of ether oxygens (including phenoxy) is 2.